The van der Waals surface area contributed by atoms with Gasteiger partial charge in [0, 0.05) is 23.1 Å². The molecule has 2 nitrogen and oxygen atoms in total. The molecule has 0 saturated heterocycles. The number of rotatable bonds is 7. The first-order valence-electron chi connectivity index (χ1n) is 6.67. The Balaban J connectivity index is 1.97. The van der Waals surface area contributed by atoms with Crippen molar-refractivity contribution in [3.8, 4) is 5.75 Å². The van der Waals surface area contributed by atoms with Crippen molar-refractivity contribution in [2.45, 2.75) is 13.1 Å². The minimum Gasteiger partial charge on any atom is -0.489 e. The molecule has 1 N–H and O–H groups in total. The third-order valence-electron chi connectivity index (χ3n) is 2.97. The van der Waals surface area contributed by atoms with Gasteiger partial charge in [-0.25, -0.2) is 4.39 Å². The summed E-state index contributed by atoms with van der Waals surface area (Å²) in [6, 6.07) is 12.5. The first-order valence-corrected chi connectivity index (χ1v) is 7.46. The predicted octanol–water partition coefficient (Wildman–Crippen LogP) is 4.44. The monoisotopic (exact) mass is 349 g/mol. The molecule has 0 aromatic heterocycles. The van der Waals surface area contributed by atoms with Crippen LogP contribution in [0.1, 0.15) is 11.1 Å². The first kappa shape index (κ1) is 15.7. The second-order valence-corrected chi connectivity index (χ2v) is 5.40. The third-order valence-corrected chi connectivity index (χ3v) is 3.74. The van der Waals surface area contributed by atoms with E-state index >= 15 is 0 Å². The summed E-state index contributed by atoms with van der Waals surface area (Å²) in [5.41, 5.74) is 1.95. The Bertz CT molecular complexity index is 615. The van der Waals surface area contributed by atoms with Crippen molar-refractivity contribution < 1.29 is 9.13 Å². The number of nitrogens with one attached hydrogen (secondary N) is 1. The van der Waals surface area contributed by atoms with Gasteiger partial charge >= 0.3 is 0 Å². The number of ether oxygens (including phenoxy) is 1. The lowest BCUT2D eigenvalue weighted by molar-refractivity contribution is 0.358. The van der Waals surface area contributed by atoms with E-state index in [-0.39, 0.29) is 5.82 Å². The maximum Gasteiger partial charge on any atom is 0.124 e. The molecule has 4 heteroatoms. The van der Waals surface area contributed by atoms with Crippen LogP contribution in [-0.4, -0.2) is 6.61 Å². The Labute approximate surface area is 132 Å². The molecule has 2 aromatic rings. The zero-order valence-electron chi connectivity index (χ0n) is 11.6. The molecule has 0 unspecified atom stereocenters. The van der Waals surface area contributed by atoms with Crippen LogP contribution in [-0.2, 0) is 13.1 Å². The lowest BCUT2D eigenvalue weighted by Gasteiger charge is -2.11. The van der Waals surface area contributed by atoms with Gasteiger partial charge in [-0.15, -0.1) is 0 Å². The molecule has 0 spiro atoms. The molecule has 0 aliphatic rings. The molecule has 0 fully saturated rings. The number of para-hydroxylation sites is 1. The van der Waals surface area contributed by atoms with Gasteiger partial charge in [0.15, 0.2) is 0 Å². The standard InChI is InChI=1S/C17H17BrFNO/c1-2-9-21-17-6-4-3-5-13(17)11-20-12-14-10-15(19)7-8-16(14)18/h2-8,10,20H,1,9,11-12H2. The molecule has 21 heavy (non-hydrogen) atoms. The molecule has 2 aromatic carbocycles. The zero-order chi connectivity index (χ0) is 15.1. The Morgan fingerprint density at radius 3 is 2.71 bits per heavy atom. The van der Waals surface area contributed by atoms with Gasteiger partial charge in [0.25, 0.3) is 0 Å². The fourth-order valence-electron chi connectivity index (χ4n) is 1.95. The molecule has 110 valence electrons. The van der Waals surface area contributed by atoms with Gasteiger partial charge < -0.3 is 10.1 Å². The molecule has 0 amide bonds. The number of hydrogen-bond acceptors (Lipinski definition) is 2. The van der Waals surface area contributed by atoms with Crippen LogP contribution in [0, 0.1) is 5.82 Å². The molecule has 0 radical (unpaired) electrons. The highest BCUT2D eigenvalue weighted by Crippen LogP contribution is 2.20. The van der Waals surface area contributed by atoms with Crippen molar-refractivity contribution in [1.82, 2.24) is 5.32 Å². The molecular formula is C17H17BrFNO. The van der Waals surface area contributed by atoms with Crippen molar-refractivity contribution in [3.05, 3.63) is 76.5 Å². The van der Waals surface area contributed by atoms with E-state index in [0.29, 0.717) is 19.7 Å². The molecular weight excluding hydrogens is 333 g/mol. The van der Waals surface area contributed by atoms with Crippen molar-refractivity contribution in [2.24, 2.45) is 0 Å². The summed E-state index contributed by atoms with van der Waals surface area (Å²) in [5, 5.41) is 3.30. The highest BCUT2D eigenvalue weighted by atomic mass is 79.9. The van der Waals surface area contributed by atoms with E-state index < -0.39 is 0 Å². The third kappa shape index (κ3) is 4.69. The van der Waals surface area contributed by atoms with Crippen molar-refractivity contribution >= 4 is 15.9 Å². The zero-order valence-corrected chi connectivity index (χ0v) is 13.2. The van der Waals surface area contributed by atoms with Gasteiger partial charge in [0.2, 0.25) is 0 Å². The average molecular weight is 350 g/mol. The molecule has 0 aliphatic heterocycles. The Hall–Kier alpha value is -1.65. The van der Waals surface area contributed by atoms with Crippen LogP contribution < -0.4 is 10.1 Å². The van der Waals surface area contributed by atoms with Gasteiger partial charge in [-0.1, -0.05) is 46.8 Å². The van der Waals surface area contributed by atoms with E-state index in [1.807, 2.05) is 24.3 Å². The van der Waals surface area contributed by atoms with Crippen LogP contribution in [0.2, 0.25) is 0 Å². The lowest BCUT2D eigenvalue weighted by atomic mass is 10.2. The van der Waals surface area contributed by atoms with E-state index in [1.54, 1.807) is 12.1 Å². The fraction of sp³-hybridized carbons (Fsp3) is 0.176. The van der Waals surface area contributed by atoms with Crippen molar-refractivity contribution in [2.75, 3.05) is 6.61 Å². The molecule has 0 aliphatic carbocycles. The summed E-state index contributed by atoms with van der Waals surface area (Å²) in [4.78, 5) is 0. The molecule has 0 heterocycles. The second-order valence-electron chi connectivity index (χ2n) is 4.55. The number of benzene rings is 2. The first-order chi connectivity index (χ1) is 10.2. The van der Waals surface area contributed by atoms with E-state index in [0.717, 1.165) is 21.3 Å². The minimum absolute atomic E-state index is 0.232. The number of halogens is 2. The summed E-state index contributed by atoms with van der Waals surface area (Å²) >= 11 is 3.42. The van der Waals surface area contributed by atoms with E-state index in [2.05, 4.69) is 27.8 Å². The quantitative estimate of drug-likeness (QED) is 0.746. The normalized spacial score (nSPS) is 10.4. The van der Waals surface area contributed by atoms with Gasteiger partial charge in [-0.3, -0.25) is 0 Å². The maximum atomic E-state index is 13.2. The molecule has 0 saturated carbocycles. The van der Waals surface area contributed by atoms with Gasteiger partial charge in [0.05, 0.1) is 0 Å². The summed E-state index contributed by atoms with van der Waals surface area (Å²) in [5.74, 6) is 0.605. The van der Waals surface area contributed by atoms with Crippen LogP contribution in [0.15, 0.2) is 59.6 Å². The van der Waals surface area contributed by atoms with Crippen LogP contribution in [0.3, 0.4) is 0 Å². The molecule has 0 atom stereocenters. The fourth-order valence-corrected chi connectivity index (χ4v) is 2.34. The summed E-state index contributed by atoms with van der Waals surface area (Å²) in [6.07, 6.45) is 1.72. The summed E-state index contributed by atoms with van der Waals surface area (Å²) < 4.78 is 19.7. The Morgan fingerprint density at radius 2 is 1.90 bits per heavy atom. The summed E-state index contributed by atoms with van der Waals surface area (Å²) in [7, 11) is 0. The highest BCUT2D eigenvalue weighted by molar-refractivity contribution is 9.10. The highest BCUT2D eigenvalue weighted by Gasteiger charge is 2.04. The SMILES string of the molecule is C=CCOc1ccccc1CNCc1cc(F)ccc1Br. The van der Waals surface area contributed by atoms with Gasteiger partial charge in [-0.05, 0) is 29.8 Å². The smallest absolute Gasteiger partial charge is 0.124 e. The molecule has 0 bridgehead atoms. The summed E-state index contributed by atoms with van der Waals surface area (Å²) in [6.45, 7) is 5.35. The van der Waals surface area contributed by atoms with E-state index in [9.17, 15) is 4.39 Å². The minimum atomic E-state index is -0.232. The second kappa shape index (κ2) is 7.96. The van der Waals surface area contributed by atoms with Crippen molar-refractivity contribution in [3.63, 3.8) is 0 Å². The van der Waals surface area contributed by atoms with Crippen LogP contribution in [0.25, 0.3) is 0 Å². The van der Waals surface area contributed by atoms with Crippen LogP contribution in [0.5, 0.6) is 5.75 Å². The Kier molecular flexibility index (Phi) is 5.96. The Morgan fingerprint density at radius 1 is 1.14 bits per heavy atom. The largest absolute Gasteiger partial charge is 0.489 e. The topological polar surface area (TPSA) is 21.3 Å². The lowest BCUT2D eigenvalue weighted by Crippen LogP contribution is -2.14. The number of hydrogen-bond donors (Lipinski definition) is 1. The van der Waals surface area contributed by atoms with E-state index in [4.69, 9.17) is 4.74 Å². The van der Waals surface area contributed by atoms with Crippen molar-refractivity contribution in [1.29, 1.82) is 0 Å². The van der Waals surface area contributed by atoms with Crippen LogP contribution >= 0.6 is 15.9 Å². The van der Waals surface area contributed by atoms with Crippen LogP contribution in [0.4, 0.5) is 4.39 Å². The molecule has 2 rings (SSSR count). The van der Waals surface area contributed by atoms with E-state index in [1.165, 1.54) is 12.1 Å². The van der Waals surface area contributed by atoms with Gasteiger partial charge in [-0.2, -0.15) is 0 Å². The average Bonchev–Trinajstić information content (AvgIpc) is 2.50. The maximum absolute atomic E-state index is 13.2. The van der Waals surface area contributed by atoms with Gasteiger partial charge in [0.1, 0.15) is 18.2 Å². The predicted molar refractivity (Wildman–Crippen MR) is 86.8 cm³/mol.